The second-order valence-corrected chi connectivity index (χ2v) is 11.6. The lowest BCUT2D eigenvalue weighted by Crippen LogP contribution is -2.41. The van der Waals surface area contributed by atoms with Gasteiger partial charge in [-0.2, -0.15) is 0 Å². The molecule has 1 saturated heterocycles. The van der Waals surface area contributed by atoms with E-state index in [0.717, 1.165) is 11.0 Å². The van der Waals surface area contributed by atoms with E-state index in [1.54, 1.807) is 0 Å². The Balaban J connectivity index is 1.81. The summed E-state index contributed by atoms with van der Waals surface area (Å²) in [7, 11) is -0.395. The van der Waals surface area contributed by atoms with E-state index < -0.39 is 7.12 Å². The number of rotatable bonds is 3. The van der Waals surface area contributed by atoms with Crippen LogP contribution in [0.3, 0.4) is 0 Å². The fourth-order valence-electron chi connectivity index (χ4n) is 4.76. The van der Waals surface area contributed by atoms with Crippen LogP contribution in [-0.4, -0.2) is 18.3 Å². The Morgan fingerprint density at radius 3 is 1.87 bits per heavy atom. The zero-order valence-electron chi connectivity index (χ0n) is 20.5. The van der Waals surface area contributed by atoms with Crippen molar-refractivity contribution in [3.8, 4) is 0 Å². The second kappa shape index (κ2) is 7.35. The van der Waals surface area contributed by atoms with Gasteiger partial charge in [0.05, 0.1) is 11.2 Å². The van der Waals surface area contributed by atoms with Crippen molar-refractivity contribution in [2.24, 2.45) is 0 Å². The van der Waals surface area contributed by atoms with Crippen LogP contribution in [0.1, 0.15) is 90.5 Å². The Hall–Kier alpha value is -1.84. The number of hydrogen-bond acceptors (Lipinski definition) is 2. The van der Waals surface area contributed by atoms with E-state index in [-0.39, 0.29) is 22.0 Å². The van der Waals surface area contributed by atoms with Crippen molar-refractivity contribution in [1.82, 2.24) is 0 Å². The fraction of sp³-hybridized carbons (Fsp3) is 0.500. The SMILES string of the molecule is CC1(C)CCC(C)(C)c2cc(/C=C(\B3OC(C)(C)C(C)(C)O3)c3ccccc3)ccc21. The predicted molar refractivity (Wildman–Crippen MR) is 132 cm³/mol. The van der Waals surface area contributed by atoms with Crippen molar-refractivity contribution in [3.63, 3.8) is 0 Å². The van der Waals surface area contributed by atoms with Crippen LogP contribution in [0.15, 0.2) is 48.5 Å². The highest BCUT2D eigenvalue weighted by molar-refractivity contribution is 6.70. The number of fused-ring (bicyclic) bond motifs is 1. The van der Waals surface area contributed by atoms with Crippen LogP contribution in [0.4, 0.5) is 0 Å². The van der Waals surface area contributed by atoms with Gasteiger partial charge in [-0.25, -0.2) is 0 Å². The Morgan fingerprint density at radius 1 is 0.742 bits per heavy atom. The molecular weight excluding hydrogens is 379 g/mol. The van der Waals surface area contributed by atoms with E-state index in [1.165, 1.54) is 29.5 Å². The fourth-order valence-corrected chi connectivity index (χ4v) is 4.76. The first-order valence-electron chi connectivity index (χ1n) is 11.6. The van der Waals surface area contributed by atoms with E-state index in [0.29, 0.717) is 0 Å². The normalized spacial score (nSPS) is 23.5. The zero-order chi connectivity index (χ0) is 22.7. The van der Waals surface area contributed by atoms with Gasteiger partial charge in [-0.05, 0) is 79.1 Å². The molecule has 0 amide bonds. The minimum absolute atomic E-state index is 0.186. The molecule has 0 spiro atoms. The highest BCUT2D eigenvalue weighted by Crippen LogP contribution is 2.46. The maximum Gasteiger partial charge on any atom is 0.495 e. The maximum atomic E-state index is 6.45. The summed E-state index contributed by atoms with van der Waals surface area (Å²) < 4.78 is 12.9. The van der Waals surface area contributed by atoms with Gasteiger partial charge < -0.3 is 9.31 Å². The quantitative estimate of drug-likeness (QED) is 0.389. The van der Waals surface area contributed by atoms with Crippen molar-refractivity contribution >= 4 is 18.7 Å². The lowest BCUT2D eigenvalue weighted by molar-refractivity contribution is 0.00578. The van der Waals surface area contributed by atoms with Gasteiger partial charge in [0.2, 0.25) is 0 Å². The molecule has 0 bridgehead atoms. The van der Waals surface area contributed by atoms with Crippen LogP contribution >= 0.6 is 0 Å². The second-order valence-electron chi connectivity index (χ2n) is 11.6. The summed E-state index contributed by atoms with van der Waals surface area (Å²) in [4.78, 5) is 0. The summed E-state index contributed by atoms with van der Waals surface area (Å²) in [5, 5.41) is 0. The Bertz CT molecular complexity index is 983. The molecule has 2 nitrogen and oxygen atoms in total. The van der Waals surface area contributed by atoms with E-state index >= 15 is 0 Å². The molecule has 2 aliphatic rings. The molecule has 1 heterocycles. The highest BCUT2D eigenvalue weighted by atomic mass is 16.7. The first-order valence-corrected chi connectivity index (χ1v) is 11.6. The molecular formula is C28H37BO2. The summed E-state index contributed by atoms with van der Waals surface area (Å²) in [5.74, 6) is 0. The van der Waals surface area contributed by atoms with Gasteiger partial charge in [0.25, 0.3) is 0 Å². The molecule has 0 unspecified atom stereocenters. The molecule has 0 N–H and O–H groups in total. The highest BCUT2D eigenvalue weighted by Gasteiger charge is 2.52. The zero-order valence-corrected chi connectivity index (χ0v) is 20.5. The monoisotopic (exact) mass is 416 g/mol. The van der Waals surface area contributed by atoms with E-state index in [4.69, 9.17) is 9.31 Å². The molecule has 0 atom stereocenters. The summed E-state index contributed by atoms with van der Waals surface area (Å²) >= 11 is 0. The van der Waals surface area contributed by atoms with Gasteiger partial charge >= 0.3 is 7.12 Å². The van der Waals surface area contributed by atoms with Gasteiger partial charge in [-0.15, -0.1) is 0 Å². The first-order chi connectivity index (χ1) is 14.3. The third kappa shape index (κ3) is 4.03. The van der Waals surface area contributed by atoms with Gasteiger partial charge in [0, 0.05) is 0 Å². The van der Waals surface area contributed by atoms with Crippen molar-refractivity contribution in [2.45, 2.75) is 90.3 Å². The maximum absolute atomic E-state index is 6.45. The molecule has 3 heteroatoms. The third-order valence-corrected chi connectivity index (χ3v) is 7.81. The van der Waals surface area contributed by atoms with Crippen LogP contribution in [0.25, 0.3) is 11.5 Å². The minimum Gasteiger partial charge on any atom is -0.399 e. The topological polar surface area (TPSA) is 18.5 Å². The first kappa shape index (κ1) is 22.4. The number of hydrogen-bond donors (Lipinski definition) is 0. The van der Waals surface area contributed by atoms with Crippen LogP contribution in [0.2, 0.25) is 0 Å². The van der Waals surface area contributed by atoms with Gasteiger partial charge in [0.1, 0.15) is 0 Å². The molecule has 2 aromatic rings. The molecule has 1 fully saturated rings. The van der Waals surface area contributed by atoms with Gasteiger partial charge in [-0.3, -0.25) is 0 Å². The van der Waals surface area contributed by atoms with E-state index in [2.05, 4.69) is 110 Å². The molecule has 4 rings (SSSR count). The smallest absolute Gasteiger partial charge is 0.399 e. The molecule has 0 radical (unpaired) electrons. The molecule has 31 heavy (non-hydrogen) atoms. The predicted octanol–water partition coefficient (Wildman–Crippen LogP) is 7.21. The van der Waals surface area contributed by atoms with Crippen LogP contribution in [0, 0.1) is 0 Å². The third-order valence-electron chi connectivity index (χ3n) is 7.81. The van der Waals surface area contributed by atoms with Crippen molar-refractivity contribution < 1.29 is 9.31 Å². The summed E-state index contributed by atoms with van der Waals surface area (Å²) in [6, 6.07) is 17.5. The Morgan fingerprint density at radius 2 is 1.29 bits per heavy atom. The molecule has 1 aliphatic carbocycles. The molecule has 0 saturated carbocycles. The Kier molecular flexibility index (Phi) is 5.30. The number of benzene rings is 2. The van der Waals surface area contributed by atoms with Crippen molar-refractivity contribution in [3.05, 3.63) is 70.8 Å². The molecule has 1 aliphatic heterocycles. The van der Waals surface area contributed by atoms with Gasteiger partial charge in [0.15, 0.2) is 0 Å². The average Bonchev–Trinajstić information content (AvgIpc) is 2.91. The van der Waals surface area contributed by atoms with Crippen molar-refractivity contribution in [1.29, 1.82) is 0 Å². The molecule has 2 aromatic carbocycles. The summed E-state index contributed by atoms with van der Waals surface area (Å²) in [6.45, 7) is 17.9. The van der Waals surface area contributed by atoms with Gasteiger partial charge in [-0.1, -0.05) is 82.3 Å². The average molecular weight is 416 g/mol. The summed E-state index contributed by atoms with van der Waals surface area (Å²) in [5.41, 5.74) is 6.05. The minimum atomic E-state index is -0.395. The Labute approximate surface area is 189 Å². The molecule has 0 aromatic heterocycles. The van der Waals surface area contributed by atoms with E-state index in [9.17, 15) is 0 Å². The molecule has 164 valence electrons. The summed E-state index contributed by atoms with van der Waals surface area (Å²) in [6.07, 6.45) is 4.70. The standard InChI is InChI=1S/C28H37BO2/c1-25(2)16-17-26(3,4)23-18-20(14-15-22(23)25)19-24(21-12-10-9-11-13-21)29-30-27(5,6)28(7,8)31-29/h9-15,18-19H,16-17H2,1-8H3/b24-19-. The lowest BCUT2D eigenvalue weighted by atomic mass is 9.63. The van der Waals surface area contributed by atoms with Crippen molar-refractivity contribution in [2.75, 3.05) is 0 Å². The van der Waals surface area contributed by atoms with Crippen LogP contribution in [-0.2, 0) is 20.1 Å². The largest absolute Gasteiger partial charge is 0.495 e. The van der Waals surface area contributed by atoms with E-state index in [1.807, 2.05) is 0 Å². The van der Waals surface area contributed by atoms with Crippen LogP contribution < -0.4 is 0 Å². The lowest BCUT2D eigenvalue weighted by Gasteiger charge is -2.42. The van der Waals surface area contributed by atoms with Crippen LogP contribution in [0.5, 0.6) is 0 Å².